The molecule has 0 bridgehead atoms. The predicted octanol–water partition coefficient (Wildman–Crippen LogP) is 3.53. The van der Waals surface area contributed by atoms with E-state index in [-0.39, 0.29) is 4.90 Å². The molecule has 0 amide bonds. The highest BCUT2D eigenvalue weighted by atomic mass is 32.2. The maximum absolute atomic E-state index is 11.4. The summed E-state index contributed by atoms with van der Waals surface area (Å²) in [4.78, 5) is 17.2. The molecule has 0 saturated carbocycles. The molecule has 4 rings (SSSR count). The van der Waals surface area contributed by atoms with Gasteiger partial charge in [-0.05, 0) is 55.2 Å². The number of aryl methyl sites for hydroxylation is 1. The van der Waals surface area contributed by atoms with Gasteiger partial charge in [0, 0.05) is 18.8 Å². The molecule has 2 aromatic heterocycles. The number of aromatic nitrogens is 4. The molecule has 0 saturated heterocycles. The van der Waals surface area contributed by atoms with E-state index >= 15 is 0 Å². The molecular weight excluding hydrogens is 452 g/mol. The highest BCUT2D eigenvalue weighted by Gasteiger charge is 2.13. The van der Waals surface area contributed by atoms with Crippen LogP contribution < -0.4 is 21.1 Å². The van der Waals surface area contributed by atoms with Gasteiger partial charge in [-0.2, -0.15) is 9.97 Å². The maximum atomic E-state index is 11.4. The number of aromatic amines is 1. The van der Waals surface area contributed by atoms with Crippen molar-refractivity contribution in [2.24, 2.45) is 5.14 Å². The Balaban J connectivity index is 1.50. The van der Waals surface area contributed by atoms with Gasteiger partial charge in [-0.3, -0.25) is 0 Å². The Morgan fingerprint density at radius 2 is 1.79 bits per heavy atom. The van der Waals surface area contributed by atoms with E-state index in [1.807, 2.05) is 31.2 Å². The van der Waals surface area contributed by atoms with Crippen molar-refractivity contribution in [1.29, 1.82) is 0 Å². The molecule has 0 aliphatic rings. The second-order valence-electron chi connectivity index (χ2n) is 7.97. The highest BCUT2D eigenvalue weighted by Crippen LogP contribution is 2.24. The van der Waals surface area contributed by atoms with Crippen molar-refractivity contribution in [3.8, 4) is 0 Å². The molecule has 0 atom stereocenters. The van der Waals surface area contributed by atoms with E-state index in [0.717, 1.165) is 29.8 Å². The molecule has 6 N–H and O–H groups in total. The first kappa shape index (κ1) is 23.5. The molecule has 2 heterocycles. The monoisotopic (exact) mass is 480 g/mol. The molecule has 0 aliphatic carbocycles. The third-order valence-corrected chi connectivity index (χ3v) is 6.05. The standard InChI is InChI=1S/C23H28N8O2S/c1-3-12-25-20-19-21(31-23(28-19)27-17-6-4-5-15(2)14-17)30-22(29-20)26-13-11-16-7-9-18(10-8-16)34(24,32)33/h4-10,14H,3,11-13H2,1-2H3,(H2,24,32,33)(H4,25,26,27,28,29,30,31). The number of nitrogens with two attached hydrogens (primary N) is 1. The van der Waals surface area contributed by atoms with Crippen molar-refractivity contribution < 1.29 is 8.42 Å². The molecule has 0 spiro atoms. The summed E-state index contributed by atoms with van der Waals surface area (Å²) in [5.74, 6) is 1.71. The van der Waals surface area contributed by atoms with Crippen molar-refractivity contribution >= 4 is 44.6 Å². The zero-order valence-corrected chi connectivity index (χ0v) is 19.9. The van der Waals surface area contributed by atoms with Gasteiger partial charge in [0.05, 0.1) is 4.90 Å². The molecule has 178 valence electrons. The lowest BCUT2D eigenvalue weighted by atomic mass is 10.1. The van der Waals surface area contributed by atoms with Crippen molar-refractivity contribution in [3.05, 3.63) is 59.7 Å². The van der Waals surface area contributed by atoms with E-state index in [1.54, 1.807) is 12.1 Å². The summed E-state index contributed by atoms with van der Waals surface area (Å²) < 4.78 is 22.8. The average molecular weight is 481 g/mol. The lowest BCUT2D eigenvalue weighted by Crippen LogP contribution is -2.12. The van der Waals surface area contributed by atoms with Gasteiger partial charge < -0.3 is 20.9 Å². The summed E-state index contributed by atoms with van der Waals surface area (Å²) >= 11 is 0. The molecule has 0 radical (unpaired) electrons. The number of hydrogen-bond acceptors (Lipinski definition) is 8. The van der Waals surface area contributed by atoms with Crippen LogP contribution in [-0.4, -0.2) is 41.4 Å². The summed E-state index contributed by atoms with van der Waals surface area (Å²) in [6.45, 7) is 5.45. The Labute approximate surface area is 198 Å². The molecule has 0 unspecified atom stereocenters. The van der Waals surface area contributed by atoms with Crippen LogP contribution in [0, 0.1) is 6.92 Å². The van der Waals surface area contributed by atoms with Crippen LogP contribution in [0.15, 0.2) is 53.4 Å². The van der Waals surface area contributed by atoms with Crippen LogP contribution in [0.1, 0.15) is 24.5 Å². The topological polar surface area (TPSA) is 151 Å². The Bertz CT molecular complexity index is 1380. The second-order valence-corrected chi connectivity index (χ2v) is 9.53. The van der Waals surface area contributed by atoms with Gasteiger partial charge >= 0.3 is 0 Å². The normalized spacial score (nSPS) is 11.5. The van der Waals surface area contributed by atoms with E-state index in [9.17, 15) is 8.42 Å². The fourth-order valence-electron chi connectivity index (χ4n) is 3.43. The quantitative estimate of drug-likeness (QED) is 0.231. The van der Waals surface area contributed by atoms with E-state index in [2.05, 4.69) is 42.8 Å². The minimum Gasteiger partial charge on any atom is -0.368 e. The molecular formula is C23H28N8O2S. The fourth-order valence-corrected chi connectivity index (χ4v) is 3.94. The third kappa shape index (κ3) is 5.80. The van der Waals surface area contributed by atoms with Gasteiger partial charge in [-0.15, -0.1) is 0 Å². The van der Waals surface area contributed by atoms with Crippen LogP contribution in [-0.2, 0) is 16.4 Å². The van der Waals surface area contributed by atoms with Crippen molar-refractivity contribution in [3.63, 3.8) is 0 Å². The highest BCUT2D eigenvalue weighted by molar-refractivity contribution is 7.89. The number of primary sulfonamides is 1. The number of anilines is 4. The van der Waals surface area contributed by atoms with Crippen LogP contribution in [0.25, 0.3) is 11.2 Å². The van der Waals surface area contributed by atoms with Crippen molar-refractivity contribution in [2.75, 3.05) is 29.0 Å². The first-order chi connectivity index (χ1) is 16.3. The Morgan fingerprint density at radius 3 is 2.50 bits per heavy atom. The average Bonchev–Trinajstić information content (AvgIpc) is 3.19. The van der Waals surface area contributed by atoms with Crippen LogP contribution in [0.5, 0.6) is 0 Å². The van der Waals surface area contributed by atoms with Crippen LogP contribution in [0.3, 0.4) is 0 Å². The van der Waals surface area contributed by atoms with Gasteiger partial charge in [0.2, 0.25) is 21.9 Å². The van der Waals surface area contributed by atoms with E-state index in [1.165, 1.54) is 12.1 Å². The number of fused-ring (bicyclic) bond motifs is 1. The molecule has 0 aliphatic heterocycles. The lowest BCUT2D eigenvalue weighted by Gasteiger charge is -2.09. The molecule has 2 aromatic carbocycles. The summed E-state index contributed by atoms with van der Waals surface area (Å²) in [6.07, 6.45) is 1.61. The van der Waals surface area contributed by atoms with Crippen molar-refractivity contribution in [2.45, 2.75) is 31.6 Å². The number of imidazole rings is 1. The minimum absolute atomic E-state index is 0.0963. The number of sulfonamides is 1. The van der Waals surface area contributed by atoms with Crippen molar-refractivity contribution in [1.82, 2.24) is 19.9 Å². The molecule has 34 heavy (non-hydrogen) atoms. The Hall–Kier alpha value is -3.70. The van der Waals surface area contributed by atoms with Crippen LogP contribution in [0.4, 0.5) is 23.4 Å². The summed E-state index contributed by atoms with van der Waals surface area (Å²) in [5.41, 5.74) is 4.33. The molecule has 4 aromatic rings. The summed E-state index contributed by atoms with van der Waals surface area (Å²) in [5, 5.41) is 15.0. The largest absolute Gasteiger partial charge is 0.368 e. The summed E-state index contributed by atoms with van der Waals surface area (Å²) in [6, 6.07) is 14.5. The smallest absolute Gasteiger partial charge is 0.238 e. The molecule has 11 heteroatoms. The van der Waals surface area contributed by atoms with E-state index in [4.69, 9.17) is 5.14 Å². The predicted molar refractivity (Wildman–Crippen MR) is 135 cm³/mol. The first-order valence-corrected chi connectivity index (χ1v) is 12.6. The number of nitrogens with zero attached hydrogens (tertiary/aromatic N) is 3. The fraction of sp³-hybridized carbons (Fsp3) is 0.261. The van der Waals surface area contributed by atoms with Gasteiger partial charge in [0.15, 0.2) is 17.0 Å². The number of rotatable bonds is 10. The molecule has 10 nitrogen and oxygen atoms in total. The Morgan fingerprint density at radius 1 is 1.00 bits per heavy atom. The lowest BCUT2D eigenvalue weighted by molar-refractivity contribution is 0.598. The number of nitrogens with one attached hydrogen (secondary N) is 4. The van der Waals surface area contributed by atoms with Gasteiger partial charge in [-0.1, -0.05) is 31.2 Å². The molecule has 0 fully saturated rings. The maximum Gasteiger partial charge on any atom is 0.238 e. The third-order valence-electron chi connectivity index (χ3n) is 5.12. The van der Waals surface area contributed by atoms with E-state index in [0.29, 0.717) is 41.8 Å². The van der Waals surface area contributed by atoms with Crippen LogP contribution in [0.2, 0.25) is 0 Å². The summed E-state index contributed by atoms with van der Waals surface area (Å²) in [7, 11) is -3.69. The zero-order valence-electron chi connectivity index (χ0n) is 19.1. The van der Waals surface area contributed by atoms with E-state index < -0.39 is 10.0 Å². The van der Waals surface area contributed by atoms with Gasteiger partial charge in [-0.25, -0.2) is 18.5 Å². The first-order valence-electron chi connectivity index (χ1n) is 11.0. The number of H-pyrrole nitrogens is 1. The van der Waals surface area contributed by atoms with Gasteiger partial charge in [0.1, 0.15) is 0 Å². The minimum atomic E-state index is -3.69. The number of hydrogen-bond donors (Lipinski definition) is 5. The van der Waals surface area contributed by atoms with Crippen LogP contribution >= 0.6 is 0 Å². The Kier molecular flexibility index (Phi) is 6.94. The second kappa shape index (κ2) is 10.1. The number of benzene rings is 2. The zero-order chi connectivity index (χ0) is 24.1. The van der Waals surface area contributed by atoms with Gasteiger partial charge in [0.25, 0.3) is 0 Å². The SMILES string of the molecule is CCCNc1nc(NCCc2ccc(S(N)(=O)=O)cc2)nc2[nH]c(Nc3cccc(C)c3)nc12.